The van der Waals surface area contributed by atoms with Crippen LogP contribution in [0.3, 0.4) is 0 Å². The largest absolute Gasteiger partial charge is 0.485 e. The van der Waals surface area contributed by atoms with E-state index in [4.69, 9.17) is 23.4 Å². The zero-order chi connectivity index (χ0) is 15.2. The van der Waals surface area contributed by atoms with Gasteiger partial charge in [0, 0.05) is 10.8 Å². The highest BCUT2D eigenvalue weighted by atomic mass is 32.1. The lowest BCUT2D eigenvalue weighted by Crippen LogP contribution is -2.14. The van der Waals surface area contributed by atoms with Gasteiger partial charge >= 0.3 is 0 Å². The molecule has 5 rings (SSSR count). The van der Waals surface area contributed by atoms with Gasteiger partial charge in [-0.3, -0.25) is 0 Å². The van der Waals surface area contributed by atoms with Crippen molar-refractivity contribution in [2.24, 2.45) is 0 Å². The Balaban J connectivity index is 1.54. The molecule has 2 aliphatic heterocycles. The van der Waals surface area contributed by atoms with Gasteiger partial charge in [0.2, 0.25) is 0 Å². The first-order valence-electron chi connectivity index (χ1n) is 6.98. The van der Waals surface area contributed by atoms with Gasteiger partial charge in [0.1, 0.15) is 36.2 Å². The van der Waals surface area contributed by atoms with Gasteiger partial charge in [-0.15, -0.1) is 32.9 Å². The van der Waals surface area contributed by atoms with Crippen molar-refractivity contribution in [2.75, 3.05) is 26.4 Å². The Morgan fingerprint density at radius 1 is 0.696 bits per heavy atom. The highest BCUT2D eigenvalue weighted by Gasteiger charge is 2.27. The second kappa shape index (κ2) is 5.14. The zero-order valence-corrected chi connectivity index (χ0v) is 13.4. The molecule has 0 saturated heterocycles. The van der Waals surface area contributed by atoms with E-state index in [0.29, 0.717) is 49.7 Å². The van der Waals surface area contributed by atoms with E-state index < -0.39 is 0 Å². The Labute approximate surface area is 138 Å². The van der Waals surface area contributed by atoms with Crippen molar-refractivity contribution in [3.63, 3.8) is 0 Å². The monoisotopic (exact) mass is 350 g/mol. The Hall–Kier alpha value is -2.26. The minimum atomic E-state index is 0.413. The Kier molecular flexibility index (Phi) is 2.95. The van der Waals surface area contributed by atoms with Crippen molar-refractivity contribution < 1.29 is 23.4 Å². The lowest BCUT2D eigenvalue weighted by molar-refractivity contribution is 0.173. The molecule has 9 heteroatoms. The molecule has 3 aromatic rings. The van der Waals surface area contributed by atoms with E-state index in [1.54, 1.807) is 0 Å². The quantitative estimate of drug-likeness (QED) is 0.703. The molecule has 0 aromatic carbocycles. The molecule has 0 radical (unpaired) electrons. The summed E-state index contributed by atoms with van der Waals surface area (Å²) in [6.45, 7) is 2.14. The fraction of sp³-hybridized carbons (Fsp3) is 0.286. The summed E-state index contributed by atoms with van der Waals surface area (Å²) in [5.74, 6) is 3.61. The van der Waals surface area contributed by atoms with Crippen LogP contribution in [0.15, 0.2) is 15.2 Å². The third-order valence-corrected chi connectivity index (χ3v) is 5.27. The summed E-state index contributed by atoms with van der Waals surface area (Å²) in [5.41, 5.74) is 0. The fourth-order valence-corrected chi connectivity index (χ4v) is 4.13. The smallest absolute Gasteiger partial charge is 0.262 e. The predicted molar refractivity (Wildman–Crippen MR) is 82.9 cm³/mol. The molecule has 2 aliphatic rings. The van der Waals surface area contributed by atoms with Gasteiger partial charge in [0.25, 0.3) is 11.8 Å². The zero-order valence-electron chi connectivity index (χ0n) is 11.7. The standard InChI is InChI=1S/C14H10N2O5S2/c1-3-19-9-7(17-1)5-22-11(9)13-15-16-14(21-13)12-10-8(6-23-12)18-2-4-20-10/h5-6H,1-4H2. The summed E-state index contributed by atoms with van der Waals surface area (Å²) in [5, 5.41) is 12.1. The maximum absolute atomic E-state index is 5.83. The summed E-state index contributed by atoms with van der Waals surface area (Å²) in [4.78, 5) is 1.56. The van der Waals surface area contributed by atoms with Crippen molar-refractivity contribution >= 4 is 22.7 Å². The van der Waals surface area contributed by atoms with Crippen molar-refractivity contribution in [3.8, 4) is 44.5 Å². The van der Waals surface area contributed by atoms with E-state index in [1.165, 1.54) is 22.7 Å². The normalized spacial score (nSPS) is 15.7. The summed E-state index contributed by atoms with van der Waals surface area (Å²) in [7, 11) is 0. The lowest BCUT2D eigenvalue weighted by atomic mass is 10.3. The summed E-state index contributed by atoms with van der Waals surface area (Å²) in [6.07, 6.45) is 0. The molecule has 3 aromatic heterocycles. The number of hydrogen-bond acceptors (Lipinski definition) is 9. The molecule has 0 atom stereocenters. The topological polar surface area (TPSA) is 75.8 Å². The summed E-state index contributed by atoms with van der Waals surface area (Å²) < 4.78 is 28.2. The van der Waals surface area contributed by atoms with Crippen molar-refractivity contribution in [1.82, 2.24) is 10.2 Å². The molecular formula is C14H10N2O5S2. The van der Waals surface area contributed by atoms with E-state index in [0.717, 1.165) is 21.3 Å². The SMILES string of the molecule is c1sc(-c2nnc(-c3scc4c3OCCO4)o2)c2c1OCCO2. The van der Waals surface area contributed by atoms with E-state index in [1.807, 2.05) is 10.8 Å². The van der Waals surface area contributed by atoms with E-state index >= 15 is 0 Å². The van der Waals surface area contributed by atoms with E-state index in [2.05, 4.69) is 10.2 Å². The van der Waals surface area contributed by atoms with Crippen LogP contribution in [0.1, 0.15) is 0 Å². The predicted octanol–water partition coefficient (Wildman–Crippen LogP) is 3.07. The molecule has 118 valence electrons. The van der Waals surface area contributed by atoms with Gasteiger partial charge in [-0.1, -0.05) is 0 Å². The first kappa shape index (κ1) is 13.2. The number of aromatic nitrogens is 2. The number of nitrogens with zero attached hydrogens (tertiary/aromatic N) is 2. The number of fused-ring (bicyclic) bond motifs is 2. The number of rotatable bonds is 2. The second-order valence-electron chi connectivity index (χ2n) is 4.82. The van der Waals surface area contributed by atoms with E-state index in [9.17, 15) is 0 Å². The van der Waals surface area contributed by atoms with Crippen LogP contribution in [-0.4, -0.2) is 36.6 Å². The van der Waals surface area contributed by atoms with Gasteiger partial charge in [0.15, 0.2) is 23.0 Å². The van der Waals surface area contributed by atoms with Crippen LogP contribution < -0.4 is 18.9 Å². The van der Waals surface area contributed by atoms with Crippen LogP contribution >= 0.6 is 22.7 Å². The lowest BCUT2D eigenvalue weighted by Gasteiger charge is -2.15. The average molecular weight is 350 g/mol. The fourth-order valence-electron chi connectivity index (χ4n) is 2.43. The molecule has 5 heterocycles. The maximum Gasteiger partial charge on any atom is 0.262 e. The maximum atomic E-state index is 5.83. The molecule has 0 unspecified atom stereocenters. The van der Waals surface area contributed by atoms with Crippen molar-refractivity contribution in [2.45, 2.75) is 0 Å². The van der Waals surface area contributed by atoms with Crippen LogP contribution in [0, 0.1) is 0 Å². The highest BCUT2D eigenvalue weighted by molar-refractivity contribution is 7.14. The minimum absolute atomic E-state index is 0.413. The van der Waals surface area contributed by atoms with Crippen LogP contribution in [0.2, 0.25) is 0 Å². The third kappa shape index (κ3) is 2.07. The minimum Gasteiger partial charge on any atom is -0.485 e. The number of hydrogen-bond donors (Lipinski definition) is 0. The summed E-state index contributed by atoms with van der Waals surface area (Å²) >= 11 is 2.92. The number of thiophene rings is 2. The Morgan fingerprint density at radius 3 is 1.70 bits per heavy atom. The molecule has 0 N–H and O–H groups in total. The van der Waals surface area contributed by atoms with E-state index in [-0.39, 0.29) is 0 Å². The van der Waals surface area contributed by atoms with Crippen LogP contribution in [-0.2, 0) is 0 Å². The molecule has 0 amide bonds. The van der Waals surface area contributed by atoms with Gasteiger partial charge < -0.3 is 23.4 Å². The van der Waals surface area contributed by atoms with Gasteiger partial charge in [-0.2, -0.15) is 0 Å². The first-order valence-corrected chi connectivity index (χ1v) is 8.74. The highest BCUT2D eigenvalue weighted by Crippen LogP contribution is 2.48. The Morgan fingerprint density at radius 2 is 1.17 bits per heavy atom. The van der Waals surface area contributed by atoms with Crippen molar-refractivity contribution in [1.29, 1.82) is 0 Å². The molecule has 0 spiro atoms. The molecule has 0 saturated carbocycles. The average Bonchev–Trinajstić information content (AvgIpc) is 3.31. The molecular weight excluding hydrogens is 340 g/mol. The van der Waals surface area contributed by atoms with Crippen LogP contribution in [0.25, 0.3) is 21.5 Å². The third-order valence-electron chi connectivity index (χ3n) is 3.42. The first-order chi connectivity index (χ1) is 11.4. The molecule has 0 bridgehead atoms. The molecule has 0 aliphatic carbocycles. The van der Waals surface area contributed by atoms with Crippen LogP contribution in [0.4, 0.5) is 0 Å². The number of ether oxygens (including phenoxy) is 4. The second-order valence-corrected chi connectivity index (χ2v) is 6.58. The Bertz CT molecular complexity index is 800. The van der Waals surface area contributed by atoms with Gasteiger partial charge in [-0.05, 0) is 0 Å². The van der Waals surface area contributed by atoms with Crippen LogP contribution in [0.5, 0.6) is 23.0 Å². The van der Waals surface area contributed by atoms with Gasteiger partial charge in [0.05, 0.1) is 0 Å². The van der Waals surface area contributed by atoms with Gasteiger partial charge in [-0.25, -0.2) is 0 Å². The molecule has 23 heavy (non-hydrogen) atoms. The summed E-state index contributed by atoms with van der Waals surface area (Å²) in [6, 6.07) is 0. The van der Waals surface area contributed by atoms with Crippen molar-refractivity contribution in [3.05, 3.63) is 10.8 Å². The molecule has 0 fully saturated rings. The molecule has 7 nitrogen and oxygen atoms in total.